The van der Waals surface area contributed by atoms with E-state index in [4.69, 9.17) is 21.2 Å². The molecule has 1 rings (SSSR count). The van der Waals surface area contributed by atoms with E-state index in [1.165, 1.54) is 19.2 Å². The lowest BCUT2D eigenvalue weighted by molar-refractivity contribution is 0.361. The fraction of sp³-hybridized carbons (Fsp3) is 0.167. The molecule has 0 aliphatic rings. The van der Waals surface area contributed by atoms with Gasteiger partial charge in [0.15, 0.2) is 0 Å². The number of halogens is 1. The van der Waals surface area contributed by atoms with Crippen molar-refractivity contribution in [3.05, 3.63) is 17.3 Å². The normalized spacial score (nSPS) is 10.8. The lowest BCUT2D eigenvalue weighted by Crippen LogP contribution is -1.91. The lowest BCUT2D eigenvalue weighted by Gasteiger charge is -2.00. The van der Waals surface area contributed by atoms with E-state index in [0.29, 0.717) is 0 Å². The summed E-state index contributed by atoms with van der Waals surface area (Å²) >= 11 is 5.55. The van der Waals surface area contributed by atoms with Crippen LogP contribution in [0.25, 0.3) is 0 Å². The van der Waals surface area contributed by atoms with Crippen LogP contribution in [0.15, 0.2) is 12.1 Å². The van der Waals surface area contributed by atoms with Crippen molar-refractivity contribution in [3.8, 4) is 11.6 Å². The summed E-state index contributed by atoms with van der Waals surface area (Å²) in [5, 5.41) is 0.220. The van der Waals surface area contributed by atoms with Gasteiger partial charge < -0.3 is 4.74 Å². The van der Waals surface area contributed by atoms with Crippen LogP contribution < -0.4 is 9.26 Å². The molecule has 0 aliphatic carbocycles. The van der Waals surface area contributed by atoms with Crippen molar-refractivity contribution < 1.29 is 18.7 Å². The SMILES string of the molecule is COc1nc(Cl)ccc1O[P+](=O)O. The first-order valence-corrected chi connectivity index (χ1v) is 4.69. The lowest BCUT2D eigenvalue weighted by atomic mass is 10.4. The number of hydrogen-bond donors (Lipinski definition) is 1. The van der Waals surface area contributed by atoms with Crippen molar-refractivity contribution in [3.63, 3.8) is 0 Å². The van der Waals surface area contributed by atoms with Crippen LogP contribution in [0.3, 0.4) is 0 Å². The van der Waals surface area contributed by atoms with Gasteiger partial charge in [-0.15, -0.1) is 4.89 Å². The summed E-state index contributed by atoms with van der Waals surface area (Å²) in [6.45, 7) is 0. The number of ether oxygens (including phenoxy) is 1. The zero-order chi connectivity index (χ0) is 9.84. The van der Waals surface area contributed by atoms with Gasteiger partial charge in [0, 0.05) is 4.57 Å². The van der Waals surface area contributed by atoms with Gasteiger partial charge >= 0.3 is 8.25 Å². The Kier molecular flexibility index (Phi) is 3.42. The predicted octanol–water partition coefficient (Wildman–Crippen LogP) is 1.77. The van der Waals surface area contributed by atoms with Gasteiger partial charge in [-0.25, -0.2) is 4.52 Å². The monoisotopic (exact) mass is 222 g/mol. The van der Waals surface area contributed by atoms with Crippen LogP contribution in [-0.2, 0) is 4.57 Å². The summed E-state index contributed by atoms with van der Waals surface area (Å²) in [7, 11) is -1.36. The molecule has 0 aliphatic heterocycles. The Balaban J connectivity index is 2.99. The largest absolute Gasteiger partial charge is 0.747 e. The van der Waals surface area contributed by atoms with Crippen molar-refractivity contribution in [1.29, 1.82) is 0 Å². The van der Waals surface area contributed by atoms with Gasteiger partial charge in [-0.05, 0) is 12.1 Å². The summed E-state index contributed by atoms with van der Waals surface area (Å²) < 4.78 is 19.6. The Labute approximate surface area is 80.2 Å². The molecule has 0 amide bonds. The molecule has 1 aromatic heterocycles. The summed E-state index contributed by atoms with van der Waals surface area (Å²) in [5.41, 5.74) is 0. The first-order chi connectivity index (χ1) is 6.13. The summed E-state index contributed by atoms with van der Waals surface area (Å²) in [4.78, 5) is 12.2. The molecule has 1 heterocycles. The first-order valence-electron chi connectivity index (χ1n) is 3.18. The first kappa shape index (κ1) is 10.2. The Bertz CT molecular complexity index is 332. The highest BCUT2D eigenvalue weighted by atomic mass is 35.5. The van der Waals surface area contributed by atoms with Gasteiger partial charge in [0.05, 0.1) is 7.11 Å². The molecule has 0 saturated heterocycles. The number of methoxy groups -OCH3 is 1. The smallest absolute Gasteiger partial charge is 0.478 e. The van der Waals surface area contributed by atoms with Crippen LogP contribution in [0.5, 0.6) is 11.6 Å². The molecule has 0 fully saturated rings. The highest BCUT2D eigenvalue weighted by Gasteiger charge is 2.19. The standard InChI is InChI=1S/C6H5ClNO4P/c1-11-6-4(12-13(9)10)2-3-5(7)8-6/h2-3H,1H3/p+1. The van der Waals surface area contributed by atoms with Gasteiger partial charge in [-0.3, -0.25) is 0 Å². The number of nitrogens with zero attached hydrogens (tertiary/aromatic N) is 1. The van der Waals surface area contributed by atoms with Crippen LogP contribution in [0.1, 0.15) is 0 Å². The minimum atomic E-state index is -2.72. The van der Waals surface area contributed by atoms with Gasteiger partial charge in [0.2, 0.25) is 0 Å². The highest BCUT2D eigenvalue weighted by Crippen LogP contribution is 2.31. The Morgan fingerprint density at radius 2 is 2.31 bits per heavy atom. The van der Waals surface area contributed by atoms with Crippen molar-refractivity contribution in [2.24, 2.45) is 0 Å². The van der Waals surface area contributed by atoms with Crippen LogP contribution in [0.2, 0.25) is 5.15 Å². The van der Waals surface area contributed by atoms with Crippen molar-refractivity contribution in [1.82, 2.24) is 4.98 Å². The minimum Gasteiger partial charge on any atom is -0.478 e. The van der Waals surface area contributed by atoms with Crippen LogP contribution in [0, 0.1) is 0 Å². The van der Waals surface area contributed by atoms with E-state index < -0.39 is 8.25 Å². The molecular formula is C6H6ClNO4P+. The van der Waals surface area contributed by atoms with Gasteiger partial charge in [0.1, 0.15) is 5.15 Å². The maximum atomic E-state index is 10.3. The second-order valence-corrected chi connectivity index (χ2v) is 3.02. The fourth-order valence-corrected chi connectivity index (χ4v) is 1.15. The van der Waals surface area contributed by atoms with E-state index in [0.717, 1.165) is 0 Å². The molecule has 5 nitrogen and oxygen atoms in total. The van der Waals surface area contributed by atoms with E-state index in [1.807, 2.05) is 0 Å². The number of rotatable bonds is 3. The molecule has 1 unspecified atom stereocenters. The van der Waals surface area contributed by atoms with E-state index in [2.05, 4.69) is 9.51 Å². The quantitative estimate of drug-likeness (QED) is 0.624. The molecule has 0 bridgehead atoms. The molecular weight excluding hydrogens is 216 g/mol. The third-order valence-electron chi connectivity index (χ3n) is 1.16. The third kappa shape index (κ3) is 2.81. The van der Waals surface area contributed by atoms with Gasteiger partial charge in [-0.2, -0.15) is 4.98 Å². The number of pyridine rings is 1. The molecule has 0 spiro atoms. The van der Waals surface area contributed by atoms with E-state index >= 15 is 0 Å². The average Bonchev–Trinajstić information content (AvgIpc) is 2.07. The molecule has 0 aromatic carbocycles. The molecule has 1 atom stereocenters. The zero-order valence-corrected chi connectivity index (χ0v) is 8.25. The van der Waals surface area contributed by atoms with Crippen molar-refractivity contribution >= 4 is 19.9 Å². The van der Waals surface area contributed by atoms with E-state index in [9.17, 15) is 4.57 Å². The summed E-state index contributed by atoms with van der Waals surface area (Å²) in [6, 6.07) is 2.83. The second-order valence-electron chi connectivity index (χ2n) is 1.97. The van der Waals surface area contributed by atoms with Gasteiger partial charge in [-0.1, -0.05) is 11.6 Å². The van der Waals surface area contributed by atoms with Crippen LogP contribution in [0.4, 0.5) is 0 Å². The number of hydrogen-bond acceptors (Lipinski definition) is 4. The molecule has 13 heavy (non-hydrogen) atoms. The van der Waals surface area contributed by atoms with E-state index in [-0.39, 0.29) is 16.8 Å². The molecule has 7 heteroatoms. The highest BCUT2D eigenvalue weighted by molar-refractivity contribution is 7.32. The zero-order valence-electron chi connectivity index (χ0n) is 6.60. The maximum Gasteiger partial charge on any atom is 0.747 e. The third-order valence-corrected chi connectivity index (χ3v) is 1.72. The Morgan fingerprint density at radius 3 is 2.85 bits per heavy atom. The Morgan fingerprint density at radius 1 is 1.62 bits per heavy atom. The van der Waals surface area contributed by atoms with E-state index in [1.54, 1.807) is 0 Å². The predicted molar refractivity (Wildman–Crippen MR) is 46.3 cm³/mol. The van der Waals surface area contributed by atoms with Crippen LogP contribution in [-0.4, -0.2) is 17.0 Å². The minimum absolute atomic E-state index is 0.0740. The molecule has 0 saturated carbocycles. The maximum absolute atomic E-state index is 10.3. The second kappa shape index (κ2) is 4.37. The average molecular weight is 223 g/mol. The van der Waals surface area contributed by atoms with Crippen molar-refractivity contribution in [2.45, 2.75) is 0 Å². The number of aromatic nitrogens is 1. The summed E-state index contributed by atoms with van der Waals surface area (Å²) in [6.07, 6.45) is 0. The van der Waals surface area contributed by atoms with Gasteiger partial charge in [0.25, 0.3) is 11.6 Å². The van der Waals surface area contributed by atoms with Crippen molar-refractivity contribution in [2.75, 3.05) is 7.11 Å². The topological polar surface area (TPSA) is 68.7 Å². The molecule has 1 N–H and O–H groups in total. The van der Waals surface area contributed by atoms with Crippen LogP contribution >= 0.6 is 19.9 Å². The molecule has 70 valence electrons. The fourth-order valence-electron chi connectivity index (χ4n) is 0.705. The molecule has 1 aromatic rings. The molecule has 0 radical (unpaired) electrons. The Hall–Kier alpha value is -0.900. The summed E-state index contributed by atoms with van der Waals surface area (Å²) in [5.74, 6) is 0.153.